The maximum absolute atomic E-state index is 5.79. The molecule has 7 nitrogen and oxygen atoms in total. The molecule has 3 rings (SSSR count). The standard InChI is InChI=1S/C23H39N5O2/c1-4-24-23(27-21-8-11-28(12-9-21)13-14-29-18(2)3)26-16-20-7-10-25-22(15-20)30-17-19-5-6-19/h7,10,15,18-19,21H,4-6,8-9,11-14,16-17H2,1-3H3,(H2,24,26,27). The van der Waals surface area contributed by atoms with Gasteiger partial charge in [-0.1, -0.05) is 0 Å². The molecule has 0 radical (unpaired) electrons. The predicted molar refractivity (Wildman–Crippen MR) is 121 cm³/mol. The van der Waals surface area contributed by atoms with Crippen LogP contribution in [-0.4, -0.2) is 67.4 Å². The third kappa shape index (κ3) is 8.48. The first-order chi connectivity index (χ1) is 14.6. The van der Waals surface area contributed by atoms with Crippen LogP contribution in [-0.2, 0) is 11.3 Å². The zero-order valence-corrected chi connectivity index (χ0v) is 18.9. The van der Waals surface area contributed by atoms with Gasteiger partial charge in [-0.25, -0.2) is 9.98 Å². The fourth-order valence-corrected chi connectivity index (χ4v) is 3.52. The number of aliphatic imine (C=N–C) groups is 1. The minimum atomic E-state index is 0.310. The van der Waals surface area contributed by atoms with Gasteiger partial charge in [-0.05, 0) is 64.0 Å². The summed E-state index contributed by atoms with van der Waals surface area (Å²) in [6.45, 7) is 12.6. The second kappa shape index (κ2) is 12.1. The Kier molecular flexibility index (Phi) is 9.21. The SMILES string of the molecule is CCNC(=NCc1ccnc(OCC2CC2)c1)NC1CCN(CCOC(C)C)CC1. The third-order valence-corrected chi connectivity index (χ3v) is 5.51. The van der Waals surface area contributed by atoms with E-state index in [2.05, 4.69) is 41.3 Å². The van der Waals surface area contributed by atoms with Crippen LogP contribution in [0.1, 0.15) is 52.0 Å². The molecule has 1 aliphatic carbocycles. The van der Waals surface area contributed by atoms with Crippen LogP contribution < -0.4 is 15.4 Å². The predicted octanol–water partition coefficient (Wildman–Crippen LogP) is 2.81. The summed E-state index contributed by atoms with van der Waals surface area (Å²) in [4.78, 5) is 11.6. The maximum atomic E-state index is 5.79. The second-order valence-electron chi connectivity index (χ2n) is 8.63. The molecular formula is C23H39N5O2. The van der Waals surface area contributed by atoms with Gasteiger partial charge in [0.2, 0.25) is 5.88 Å². The Morgan fingerprint density at radius 3 is 2.77 bits per heavy atom. The molecule has 0 spiro atoms. The minimum absolute atomic E-state index is 0.310. The van der Waals surface area contributed by atoms with Crippen molar-refractivity contribution in [2.75, 3.05) is 39.4 Å². The highest BCUT2D eigenvalue weighted by molar-refractivity contribution is 5.80. The van der Waals surface area contributed by atoms with Crippen molar-refractivity contribution in [3.05, 3.63) is 23.9 Å². The summed E-state index contributed by atoms with van der Waals surface area (Å²) in [5.74, 6) is 2.32. The lowest BCUT2D eigenvalue weighted by atomic mass is 10.1. The normalized spacial score (nSPS) is 18.6. The van der Waals surface area contributed by atoms with Crippen LogP contribution in [0.5, 0.6) is 5.88 Å². The van der Waals surface area contributed by atoms with Gasteiger partial charge in [0.1, 0.15) is 0 Å². The zero-order chi connectivity index (χ0) is 21.2. The number of nitrogens with zero attached hydrogens (tertiary/aromatic N) is 3. The molecule has 168 valence electrons. The van der Waals surface area contributed by atoms with Crippen LogP contribution in [0, 0.1) is 5.92 Å². The summed E-state index contributed by atoms with van der Waals surface area (Å²) < 4.78 is 11.5. The van der Waals surface area contributed by atoms with E-state index in [1.54, 1.807) is 0 Å². The van der Waals surface area contributed by atoms with Gasteiger partial charge in [-0.2, -0.15) is 0 Å². The highest BCUT2D eigenvalue weighted by atomic mass is 16.5. The van der Waals surface area contributed by atoms with Crippen molar-refractivity contribution in [3.8, 4) is 5.88 Å². The first-order valence-electron chi connectivity index (χ1n) is 11.6. The van der Waals surface area contributed by atoms with E-state index in [4.69, 9.17) is 14.5 Å². The number of piperidine rings is 1. The topological polar surface area (TPSA) is 71.0 Å². The van der Waals surface area contributed by atoms with Crippen molar-refractivity contribution in [2.24, 2.45) is 10.9 Å². The molecule has 30 heavy (non-hydrogen) atoms. The minimum Gasteiger partial charge on any atom is -0.477 e. The Morgan fingerprint density at radius 2 is 2.07 bits per heavy atom. The molecule has 2 heterocycles. The van der Waals surface area contributed by atoms with Crippen LogP contribution in [0.3, 0.4) is 0 Å². The van der Waals surface area contributed by atoms with Gasteiger partial charge in [0, 0.05) is 44.5 Å². The third-order valence-electron chi connectivity index (χ3n) is 5.51. The number of ether oxygens (including phenoxy) is 2. The Bertz CT molecular complexity index is 655. The molecule has 2 fully saturated rings. The Morgan fingerprint density at radius 1 is 1.27 bits per heavy atom. The van der Waals surface area contributed by atoms with Crippen LogP contribution in [0.2, 0.25) is 0 Å². The first kappa shape index (κ1) is 22.8. The summed E-state index contributed by atoms with van der Waals surface area (Å²) >= 11 is 0. The molecule has 1 aliphatic heterocycles. The molecule has 0 bridgehead atoms. The van der Waals surface area contributed by atoms with Crippen molar-refractivity contribution in [2.45, 2.75) is 65.1 Å². The van der Waals surface area contributed by atoms with Crippen molar-refractivity contribution < 1.29 is 9.47 Å². The number of likely N-dealkylation sites (tertiary alicyclic amines) is 1. The van der Waals surface area contributed by atoms with Crippen LogP contribution in [0.4, 0.5) is 0 Å². The molecule has 1 aromatic heterocycles. The van der Waals surface area contributed by atoms with Gasteiger partial charge in [-0.15, -0.1) is 0 Å². The number of pyridine rings is 1. The van der Waals surface area contributed by atoms with Crippen molar-refractivity contribution in [1.29, 1.82) is 0 Å². The molecule has 0 unspecified atom stereocenters. The van der Waals surface area contributed by atoms with Crippen molar-refractivity contribution in [3.63, 3.8) is 0 Å². The molecule has 2 N–H and O–H groups in total. The van der Waals surface area contributed by atoms with E-state index < -0.39 is 0 Å². The molecule has 1 saturated heterocycles. The highest BCUT2D eigenvalue weighted by Gasteiger charge is 2.22. The molecule has 7 heteroatoms. The monoisotopic (exact) mass is 417 g/mol. The lowest BCUT2D eigenvalue weighted by molar-refractivity contribution is 0.0532. The number of nitrogens with one attached hydrogen (secondary N) is 2. The van der Waals surface area contributed by atoms with Crippen LogP contribution in [0.25, 0.3) is 0 Å². The second-order valence-corrected chi connectivity index (χ2v) is 8.63. The zero-order valence-electron chi connectivity index (χ0n) is 18.9. The van der Waals surface area contributed by atoms with Gasteiger partial charge in [0.15, 0.2) is 5.96 Å². The quantitative estimate of drug-likeness (QED) is 0.426. The van der Waals surface area contributed by atoms with Crippen molar-refractivity contribution >= 4 is 5.96 Å². The fourth-order valence-electron chi connectivity index (χ4n) is 3.52. The summed E-state index contributed by atoms with van der Waals surface area (Å²) in [5.41, 5.74) is 1.12. The fraction of sp³-hybridized carbons (Fsp3) is 0.739. The molecule has 0 aromatic carbocycles. The van der Waals surface area contributed by atoms with Gasteiger partial charge >= 0.3 is 0 Å². The van der Waals surface area contributed by atoms with E-state index in [9.17, 15) is 0 Å². The number of guanidine groups is 1. The summed E-state index contributed by atoms with van der Waals surface area (Å²) in [6, 6.07) is 4.47. The van der Waals surface area contributed by atoms with E-state index in [-0.39, 0.29) is 0 Å². The molecule has 0 atom stereocenters. The van der Waals surface area contributed by atoms with E-state index in [1.165, 1.54) is 12.8 Å². The molecule has 1 aromatic rings. The summed E-state index contributed by atoms with van der Waals surface area (Å²) in [5, 5.41) is 7.00. The van der Waals surface area contributed by atoms with E-state index >= 15 is 0 Å². The maximum Gasteiger partial charge on any atom is 0.213 e. The molecule has 1 saturated carbocycles. The Hall–Kier alpha value is -1.86. The Balaban J connectivity index is 1.44. The van der Waals surface area contributed by atoms with E-state index in [0.717, 1.165) is 69.7 Å². The Labute approximate surface area is 181 Å². The summed E-state index contributed by atoms with van der Waals surface area (Å²) in [6.07, 6.45) is 6.94. The van der Waals surface area contributed by atoms with Gasteiger partial charge < -0.3 is 25.0 Å². The number of rotatable bonds is 11. The van der Waals surface area contributed by atoms with Crippen molar-refractivity contribution in [1.82, 2.24) is 20.5 Å². The van der Waals surface area contributed by atoms with Gasteiger partial charge in [-0.3, -0.25) is 0 Å². The molecule has 0 amide bonds. The van der Waals surface area contributed by atoms with Gasteiger partial charge in [0.05, 0.1) is 25.9 Å². The number of aromatic nitrogens is 1. The molecular weight excluding hydrogens is 378 g/mol. The average molecular weight is 418 g/mol. The highest BCUT2D eigenvalue weighted by Crippen LogP contribution is 2.29. The van der Waals surface area contributed by atoms with Gasteiger partial charge in [0.25, 0.3) is 0 Å². The van der Waals surface area contributed by atoms with Crippen LogP contribution in [0.15, 0.2) is 23.3 Å². The van der Waals surface area contributed by atoms with Crippen LogP contribution >= 0.6 is 0 Å². The van der Waals surface area contributed by atoms with E-state index in [1.807, 2.05) is 18.3 Å². The largest absolute Gasteiger partial charge is 0.477 e. The van der Waals surface area contributed by atoms with E-state index in [0.29, 0.717) is 24.6 Å². The molecule has 2 aliphatic rings. The summed E-state index contributed by atoms with van der Waals surface area (Å²) in [7, 11) is 0. The smallest absolute Gasteiger partial charge is 0.213 e. The lowest BCUT2D eigenvalue weighted by Gasteiger charge is -2.33. The number of hydrogen-bond acceptors (Lipinski definition) is 5. The average Bonchev–Trinajstić information content (AvgIpc) is 3.57. The number of hydrogen-bond donors (Lipinski definition) is 2. The lowest BCUT2D eigenvalue weighted by Crippen LogP contribution is -2.49. The first-order valence-corrected chi connectivity index (χ1v) is 11.6.